The largest absolute Gasteiger partial charge is 0.497 e. The number of hydrogen-bond donors (Lipinski definition) is 0. The fourth-order valence-corrected chi connectivity index (χ4v) is 3.30. The van der Waals surface area contributed by atoms with E-state index < -0.39 is 0 Å². The standard InChI is InChI=1S/C23H31NO4/c1-16(2)22(18-9-12-20(27-5)21(15-18)28-6)23(25)24(3)14-13-17-7-10-19(26-4)11-8-17/h7-12,15-16,22H,13-14H2,1-6H3. The fourth-order valence-electron chi connectivity index (χ4n) is 3.30. The number of ether oxygens (including phenoxy) is 3. The zero-order chi connectivity index (χ0) is 20.7. The lowest BCUT2D eigenvalue weighted by Gasteiger charge is -2.27. The number of hydrogen-bond acceptors (Lipinski definition) is 4. The first-order valence-electron chi connectivity index (χ1n) is 9.51. The van der Waals surface area contributed by atoms with Crippen molar-refractivity contribution in [1.82, 2.24) is 4.90 Å². The Morgan fingerprint density at radius 2 is 1.57 bits per heavy atom. The van der Waals surface area contributed by atoms with Gasteiger partial charge in [-0.2, -0.15) is 0 Å². The molecule has 0 radical (unpaired) electrons. The molecule has 0 saturated heterocycles. The summed E-state index contributed by atoms with van der Waals surface area (Å²) in [5.74, 6) is 2.17. The number of carbonyl (C=O) groups is 1. The van der Waals surface area contributed by atoms with E-state index in [2.05, 4.69) is 13.8 Å². The highest BCUT2D eigenvalue weighted by atomic mass is 16.5. The predicted molar refractivity (Wildman–Crippen MR) is 111 cm³/mol. The quantitative estimate of drug-likeness (QED) is 0.650. The van der Waals surface area contributed by atoms with Gasteiger partial charge in [0.25, 0.3) is 0 Å². The zero-order valence-corrected chi connectivity index (χ0v) is 17.7. The van der Waals surface area contributed by atoms with Crippen molar-refractivity contribution in [2.45, 2.75) is 26.2 Å². The number of rotatable bonds is 9. The zero-order valence-electron chi connectivity index (χ0n) is 17.7. The van der Waals surface area contributed by atoms with Crippen LogP contribution in [0, 0.1) is 5.92 Å². The number of amides is 1. The molecule has 0 N–H and O–H groups in total. The molecular formula is C23H31NO4. The fraction of sp³-hybridized carbons (Fsp3) is 0.435. The second-order valence-electron chi connectivity index (χ2n) is 7.19. The van der Waals surface area contributed by atoms with Gasteiger partial charge in [-0.15, -0.1) is 0 Å². The molecule has 1 amide bonds. The van der Waals surface area contributed by atoms with Crippen LogP contribution in [-0.2, 0) is 11.2 Å². The summed E-state index contributed by atoms with van der Waals surface area (Å²) in [4.78, 5) is 15.0. The van der Waals surface area contributed by atoms with Gasteiger partial charge in [0.2, 0.25) is 5.91 Å². The molecule has 5 nitrogen and oxygen atoms in total. The summed E-state index contributed by atoms with van der Waals surface area (Å²) in [6.45, 7) is 4.79. The Bertz CT molecular complexity index is 771. The number of carbonyl (C=O) groups excluding carboxylic acids is 1. The minimum atomic E-state index is -0.235. The molecule has 0 aliphatic rings. The first-order chi connectivity index (χ1) is 13.4. The van der Waals surface area contributed by atoms with E-state index in [0.29, 0.717) is 18.0 Å². The van der Waals surface area contributed by atoms with E-state index in [9.17, 15) is 4.79 Å². The van der Waals surface area contributed by atoms with Crippen molar-refractivity contribution in [3.63, 3.8) is 0 Å². The molecule has 1 unspecified atom stereocenters. The SMILES string of the molecule is COc1ccc(CCN(C)C(=O)C(c2ccc(OC)c(OC)c2)C(C)C)cc1. The molecule has 0 aliphatic carbocycles. The van der Waals surface area contributed by atoms with Gasteiger partial charge in [0.15, 0.2) is 11.5 Å². The van der Waals surface area contributed by atoms with Crippen LogP contribution >= 0.6 is 0 Å². The van der Waals surface area contributed by atoms with Crippen molar-refractivity contribution >= 4 is 5.91 Å². The van der Waals surface area contributed by atoms with E-state index >= 15 is 0 Å². The van der Waals surface area contributed by atoms with Crippen molar-refractivity contribution in [1.29, 1.82) is 0 Å². The Kier molecular flexibility index (Phi) is 7.73. The van der Waals surface area contributed by atoms with Crippen molar-refractivity contribution in [3.05, 3.63) is 53.6 Å². The highest BCUT2D eigenvalue weighted by Gasteiger charge is 2.27. The van der Waals surface area contributed by atoms with Crippen molar-refractivity contribution < 1.29 is 19.0 Å². The number of likely N-dealkylation sites (N-methyl/N-ethyl adjacent to an activating group) is 1. The molecule has 0 bridgehead atoms. The second-order valence-corrected chi connectivity index (χ2v) is 7.19. The summed E-state index contributed by atoms with van der Waals surface area (Å²) < 4.78 is 15.9. The van der Waals surface area contributed by atoms with E-state index in [0.717, 1.165) is 17.7 Å². The third-order valence-corrected chi connectivity index (χ3v) is 4.97. The molecule has 28 heavy (non-hydrogen) atoms. The summed E-state index contributed by atoms with van der Waals surface area (Å²) in [5.41, 5.74) is 2.11. The summed E-state index contributed by atoms with van der Waals surface area (Å²) in [7, 11) is 6.73. The molecule has 2 aromatic rings. The Morgan fingerprint density at radius 3 is 2.11 bits per heavy atom. The molecule has 0 aliphatic heterocycles. The Hall–Kier alpha value is -2.69. The first-order valence-corrected chi connectivity index (χ1v) is 9.51. The lowest BCUT2D eigenvalue weighted by Crippen LogP contribution is -2.35. The van der Waals surface area contributed by atoms with Gasteiger partial charge < -0.3 is 19.1 Å². The Labute approximate surface area is 168 Å². The molecule has 0 fully saturated rings. The molecule has 0 saturated carbocycles. The van der Waals surface area contributed by atoms with Gasteiger partial charge in [0.1, 0.15) is 5.75 Å². The molecular weight excluding hydrogens is 354 g/mol. The van der Waals surface area contributed by atoms with Crippen LogP contribution in [0.25, 0.3) is 0 Å². The highest BCUT2D eigenvalue weighted by molar-refractivity contribution is 5.84. The van der Waals surface area contributed by atoms with Crippen LogP contribution in [0.2, 0.25) is 0 Å². The van der Waals surface area contributed by atoms with Crippen LogP contribution in [0.15, 0.2) is 42.5 Å². The summed E-state index contributed by atoms with van der Waals surface area (Å²) in [5, 5.41) is 0. The van der Waals surface area contributed by atoms with Gasteiger partial charge in [-0.05, 0) is 47.7 Å². The number of methoxy groups -OCH3 is 3. The van der Waals surface area contributed by atoms with Crippen LogP contribution < -0.4 is 14.2 Å². The average molecular weight is 386 g/mol. The molecule has 0 aromatic heterocycles. The van der Waals surface area contributed by atoms with E-state index in [-0.39, 0.29) is 17.7 Å². The Morgan fingerprint density at radius 1 is 0.929 bits per heavy atom. The molecule has 5 heteroatoms. The van der Waals surface area contributed by atoms with Crippen LogP contribution in [0.3, 0.4) is 0 Å². The first kappa shape index (κ1) is 21.6. The van der Waals surface area contributed by atoms with Crippen molar-refractivity contribution in [2.24, 2.45) is 5.92 Å². The van der Waals surface area contributed by atoms with Crippen LogP contribution in [0.4, 0.5) is 0 Å². The van der Waals surface area contributed by atoms with E-state index in [1.54, 1.807) is 21.3 Å². The number of benzene rings is 2. The van der Waals surface area contributed by atoms with Gasteiger partial charge in [0, 0.05) is 13.6 Å². The van der Waals surface area contributed by atoms with Crippen LogP contribution in [-0.4, -0.2) is 45.7 Å². The normalized spacial score (nSPS) is 11.8. The van der Waals surface area contributed by atoms with Gasteiger partial charge >= 0.3 is 0 Å². The maximum atomic E-state index is 13.2. The van der Waals surface area contributed by atoms with Gasteiger partial charge in [-0.25, -0.2) is 0 Å². The molecule has 1 atom stereocenters. The molecule has 0 heterocycles. The maximum absolute atomic E-state index is 13.2. The third-order valence-electron chi connectivity index (χ3n) is 4.97. The lowest BCUT2D eigenvalue weighted by molar-refractivity contribution is -0.132. The van der Waals surface area contributed by atoms with E-state index in [4.69, 9.17) is 14.2 Å². The van der Waals surface area contributed by atoms with Crippen molar-refractivity contribution in [2.75, 3.05) is 34.9 Å². The van der Waals surface area contributed by atoms with Gasteiger partial charge in [0.05, 0.1) is 27.2 Å². The lowest BCUT2D eigenvalue weighted by atomic mass is 9.87. The summed E-state index contributed by atoms with van der Waals surface area (Å²) in [6, 6.07) is 13.7. The van der Waals surface area contributed by atoms with Gasteiger partial charge in [-0.1, -0.05) is 32.0 Å². The second kappa shape index (κ2) is 10.0. The molecule has 0 spiro atoms. The van der Waals surface area contributed by atoms with E-state index in [1.807, 2.05) is 54.4 Å². The predicted octanol–water partition coefficient (Wildman–Crippen LogP) is 4.15. The third kappa shape index (κ3) is 5.18. The smallest absolute Gasteiger partial charge is 0.230 e. The summed E-state index contributed by atoms with van der Waals surface area (Å²) >= 11 is 0. The maximum Gasteiger partial charge on any atom is 0.230 e. The number of nitrogens with zero attached hydrogens (tertiary/aromatic N) is 1. The Balaban J connectivity index is 2.12. The monoisotopic (exact) mass is 385 g/mol. The van der Waals surface area contributed by atoms with Gasteiger partial charge in [-0.3, -0.25) is 4.79 Å². The summed E-state index contributed by atoms with van der Waals surface area (Å²) in [6.07, 6.45) is 0.795. The van der Waals surface area contributed by atoms with E-state index in [1.165, 1.54) is 5.56 Å². The molecule has 152 valence electrons. The van der Waals surface area contributed by atoms with Crippen molar-refractivity contribution in [3.8, 4) is 17.2 Å². The minimum Gasteiger partial charge on any atom is -0.497 e. The van der Waals surface area contributed by atoms with Crippen LogP contribution in [0.1, 0.15) is 30.9 Å². The van der Waals surface area contributed by atoms with Crippen LogP contribution in [0.5, 0.6) is 17.2 Å². The highest BCUT2D eigenvalue weighted by Crippen LogP contribution is 2.34. The minimum absolute atomic E-state index is 0.107. The topological polar surface area (TPSA) is 48.0 Å². The average Bonchev–Trinajstić information content (AvgIpc) is 2.71. The molecule has 2 aromatic carbocycles. The molecule has 2 rings (SSSR count).